The molecule has 0 atom stereocenters. The fourth-order valence-corrected chi connectivity index (χ4v) is 3.32. The summed E-state index contributed by atoms with van der Waals surface area (Å²) < 4.78 is 0. The number of hydrogen-bond donors (Lipinski definition) is 1. The summed E-state index contributed by atoms with van der Waals surface area (Å²) in [6.45, 7) is 1.29. The van der Waals surface area contributed by atoms with Gasteiger partial charge in [-0.15, -0.1) is 0 Å². The van der Waals surface area contributed by atoms with Crippen LogP contribution in [0.5, 0.6) is 0 Å². The standard InChI is InChI=1S/C21H20N4O2/c26-19-5-4-17-12-15(13-23-21(17)24-19)3-6-20(27)25-10-7-16(8-11-25)18-2-1-9-22-14-18/h1-3,6-7,9,12-14H,4-5,8,10-11H2,(H,23,24,26). The van der Waals surface area contributed by atoms with Gasteiger partial charge in [0.15, 0.2) is 0 Å². The van der Waals surface area contributed by atoms with Crippen molar-refractivity contribution >= 4 is 29.3 Å². The monoisotopic (exact) mass is 360 g/mol. The van der Waals surface area contributed by atoms with Crippen molar-refractivity contribution in [2.75, 3.05) is 18.4 Å². The Kier molecular flexibility index (Phi) is 4.78. The van der Waals surface area contributed by atoms with E-state index < -0.39 is 0 Å². The van der Waals surface area contributed by atoms with Gasteiger partial charge in [0.05, 0.1) is 0 Å². The first-order valence-electron chi connectivity index (χ1n) is 9.04. The molecule has 0 aromatic carbocycles. The topological polar surface area (TPSA) is 75.2 Å². The molecule has 6 heteroatoms. The number of amides is 2. The van der Waals surface area contributed by atoms with Crippen LogP contribution in [0, 0.1) is 0 Å². The molecule has 0 bridgehead atoms. The first-order valence-corrected chi connectivity index (χ1v) is 9.04. The van der Waals surface area contributed by atoms with Crippen molar-refractivity contribution in [1.29, 1.82) is 0 Å². The number of aromatic nitrogens is 2. The van der Waals surface area contributed by atoms with Gasteiger partial charge in [-0.2, -0.15) is 0 Å². The zero-order valence-corrected chi connectivity index (χ0v) is 14.9. The van der Waals surface area contributed by atoms with Gasteiger partial charge in [0, 0.05) is 44.2 Å². The lowest BCUT2D eigenvalue weighted by molar-refractivity contribution is -0.125. The highest BCUT2D eigenvalue weighted by molar-refractivity contribution is 5.94. The third kappa shape index (κ3) is 3.95. The third-order valence-electron chi connectivity index (χ3n) is 4.84. The van der Waals surface area contributed by atoms with Gasteiger partial charge in [0.1, 0.15) is 5.82 Å². The summed E-state index contributed by atoms with van der Waals surface area (Å²) in [5, 5.41) is 2.76. The summed E-state index contributed by atoms with van der Waals surface area (Å²) in [6.07, 6.45) is 12.7. The largest absolute Gasteiger partial charge is 0.335 e. The summed E-state index contributed by atoms with van der Waals surface area (Å²) in [6, 6.07) is 5.94. The van der Waals surface area contributed by atoms with E-state index in [0.717, 1.165) is 23.1 Å². The van der Waals surface area contributed by atoms with Gasteiger partial charge in [-0.3, -0.25) is 14.6 Å². The van der Waals surface area contributed by atoms with E-state index in [1.165, 1.54) is 5.57 Å². The maximum absolute atomic E-state index is 12.5. The van der Waals surface area contributed by atoms with Crippen LogP contribution in [-0.2, 0) is 16.0 Å². The molecule has 6 nitrogen and oxygen atoms in total. The Morgan fingerprint density at radius 1 is 1.22 bits per heavy atom. The van der Waals surface area contributed by atoms with Gasteiger partial charge in [-0.25, -0.2) is 4.98 Å². The average Bonchev–Trinajstić information content (AvgIpc) is 2.72. The van der Waals surface area contributed by atoms with Gasteiger partial charge in [0.25, 0.3) is 0 Å². The highest BCUT2D eigenvalue weighted by atomic mass is 16.2. The molecule has 4 heterocycles. The van der Waals surface area contributed by atoms with E-state index in [4.69, 9.17) is 0 Å². The number of carbonyl (C=O) groups is 2. The molecule has 0 radical (unpaired) electrons. The summed E-state index contributed by atoms with van der Waals surface area (Å²) in [7, 11) is 0. The van der Waals surface area contributed by atoms with Crippen LogP contribution in [0.4, 0.5) is 5.82 Å². The maximum atomic E-state index is 12.5. The minimum absolute atomic E-state index is 0.00252. The third-order valence-corrected chi connectivity index (χ3v) is 4.84. The summed E-state index contributed by atoms with van der Waals surface area (Å²) >= 11 is 0. The normalized spacial score (nSPS) is 16.7. The Hall–Kier alpha value is -3.28. The van der Waals surface area contributed by atoms with E-state index in [2.05, 4.69) is 21.4 Å². The second-order valence-corrected chi connectivity index (χ2v) is 6.66. The Morgan fingerprint density at radius 2 is 2.15 bits per heavy atom. The predicted octanol–water partition coefficient (Wildman–Crippen LogP) is 2.69. The van der Waals surface area contributed by atoms with Gasteiger partial charge in [-0.05, 0) is 53.3 Å². The molecule has 136 valence electrons. The molecule has 4 rings (SSSR count). The molecule has 0 saturated carbocycles. The number of carbonyl (C=O) groups excluding carboxylic acids is 2. The molecule has 0 spiro atoms. The van der Waals surface area contributed by atoms with Gasteiger partial charge < -0.3 is 10.2 Å². The summed E-state index contributed by atoms with van der Waals surface area (Å²) in [4.78, 5) is 34.1. The molecule has 0 unspecified atom stereocenters. The Morgan fingerprint density at radius 3 is 2.93 bits per heavy atom. The van der Waals surface area contributed by atoms with E-state index in [9.17, 15) is 9.59 Å². The first-order chi connectivity index (χ1) is 13.2. The maximum Gasteiger partial charge on any atom is 0.246 e. The number of pyridine rings is 2. The fraction of sp³-hybridized carbons (Fsp3) is 0.238. The zero-order valence-electron chi connectivity index (χ0n) is 14.9. The van der Waals surface area contributed by atoms with Crippen molar-refractivity contribution in [2.45, 2.75) is 19.3 Å². The summed E-state index contributed by atoms with van der Waals surface area (Å²) in [5.74, 6) is 0.610. The lowest BCUT2D eigenvalue weighted by atomic mass is 10.0. The zero-order chi connectivity index (χ0) is 18.6. The molecular formula is C21H20N4O2. The van der Waals surface area contributed by atoms with Crippen molar-refractivity contribution in [3.63, 3.8) is 0 Å². The number of hydrogen-bond acceptors (Lipinski definition) is 4. The van der Waals surface area contributed by atoms with E-state index in [-0.39, 0.29) is 11.8 Å². The molecule has 2 aromatic rings. The fourth-order valence-electron chi connectivity index (χ4n) is 3.32. The average molecular weight is 360 g/mol. The molecule has 0 fully saturated rings. The molecule has 2 amide bonds. The second-order valence-electron chi connectivity index (χ2n) is 6.66. The summed E-state index contributed by atoms with van der Waals surface area (Å²) in [5.41, 5.74) is 4.22. The van der Waals surface area contributed by atoms with E-state index in [1.54, 1.807) is 24.5 Å². The number of anilines is 1. The minimum Gasteiger partial charge on any atom is -0.335 e. The Labute approximate surface area is 157 Å². The number of aryl methyl sites for hydroxylation is 1. The smallest absolute Gasteiger partial charge is 0.246 e. The molecule has 2 aliphatic rings. The molecular weight excluding hydrogens is 340 g/mol. The molecule has 1 N–H and O–H groups in total. The molecule has 0 saturated heterocycles. The minimum atomic E-state index is -0.0116. The van der Waals surface area contributed by atoms with Crippen LogP contribution in [-0.4, -0.2) is 39.8 Å². The van der Waals surface area contributed by atoms with Gasteiger partial charge in [0.2, 0.25) is 11.8 Å². The van der Waals surface area contributed by atoms with Crippen molar-refractivity contribution < 1.29 is 9.59 Å². The van der Waals surface area contributed by atoms with Crippen LogP contribution < -0.4 is 5.32 Å². The van der Waals surface area contributed by atoms with Crippen LogP contribution >= 0.6 is 0 Å². The van der Waals surface area contributed by atoms with E-state index >= 15 is 0 Å². The highest BCUT2D eigenvalue weighted by Crippen LogP contribution is 2.23. The molecule has 27 heavy (non-hydrogen) atoms. The predicted molar refractivity (Wildman–Crippen MR) is 104 cm³/mol. The molecule has 2 aliphatic heterocycles. The van der Waals surface area contributed by atoms with E-state index in [0.29, 0.717) is 31.7 Å². The quantitative estimate of drug-likeness (QED) is 0.854. The van der Waals surface area contributed by atoms with Crippen LogP contribution in [0.1, 0.15) is 29.5 Å². The van der Waals surface area contributed by atoms with Crippen LogP contribution in [0.2, 0.25) is 0 Å². The van der Waals surface area contributed by atoms with Gasteiger partial charge >= 0.3 is 0 Å². The number of rotatable bonds is 3. The molecule has 2 aromatic heterocycles. The van der Waals surface area contributed by atoms with Crippen molar-refractivity contribution in [3.05, 3.63) is 65.6 Å². The van der Waals surface area contributed by atoms with Crippen molar-refractivity contribution in [1.82, 2.24) is 14.9 Å². The van der Waals surface area contributed by atoms with Crippen molar-refractivity contribution in [2.24, 2.45) is 0 Å². The Bertz CT molecular complexity index is 934. The first kappa shape index (κ1) is 17.1. The lowest BCUT2D eigenvalue weighted by Crippen LogP contribution is -2.33. The number of fused-ring (bicyclic) bond motifs is 1. The highest BCUT2D eigenvalue weighted by Gasteiger charge is 2.17. The van der Waals surface area contributed by atoms with Gasteiger partial charge in [-0.1, -0.05) is 12.1 Å². The number of nitrogens with zero attached hydrogens (tertiary/aromatic N) is 3. The molecule has 0 aliphatic carbocycles. The van der Waals surface area contributed by atoms with Crippen LogP contribution in [0.15, 0.2) is 48.9 Å². The van der Waals surface area contributed by atoms with E-state index in [1.807, 2.05) is 29.3 Å². The van der Waals surface area contributed by atoms with Crippen molar-refractivity contribution in [3.8, 4) is 0 Å². The SMILES string of the molecule is O=C1CCc2cc(C=CC(=O)N3CC=C(c4cccnc4)CC3)cnc2N1. The second kappa shape index (κ2) is 7.53. The Balaban J connectivity index is 1.40. The van der Waals surface area contributed by atoms with Crippen LogP contribution in [0.3, 0.4) is 0 Å². The van der Waals surface area contributed by atoms with Crippen LogP contribution in [0.25, 0.3) is 11.6 Å². The number of nitrogens with one attached hydrogen (secondary N) is 1. The lowest BCUT2D eigenvalue weighted by Gasteiger charge is -2.25.